The van der Waals surface area contributed by atoms with Gasteiger partial charge >= 0.3 is 7.12 Å². The number of ketones is 1. The molecule has 2 aromatic carbocycles. The number of amides is 1. The SMILES string of the molecule is CC(C)C[C@@H](B(O)O)N1CC(C)C[C@H](CC(=O)CC2c3ccccc3-c3ccccc32)C1=O. The largest absolute Gasteiger partial charge is 0.475 e. The number of piperidine rings is 1. The van der Waals surface area contributed by atoms with Crippen LogP contribution < -0.4 is 0 Å². The van der Waals surface area contributed by atoms with Crippen LogP contribution in [-0.2, 0) is 9.59 Å². The van der Waals surface area contributed by atoms with Crippen molar-refractivity contribution < 1.29 is 19.6 Å². The molecule has 6 heteroatoms. The van der Waals surface area contributed by atoms with Crippen LogP contribution in [0.5, 0.6) is 0 Å². The molecule has 1 amide bonds. The number of carbonyl (C=O) groups excluding carboxylic acids is 2. The van der Waals surface area contributed by atoms with Crippen LogP contribution in [-0.4, -0.2) is 46.2 Å². The molecule has 0 spiro atoms. The molecule has 2 N–H and O–H groups in total. The van der Waals surface area contributed by atoms with Crippen LogP contribution in [0.4, 0.5) is 0 Å². The van der Waals surface area contributed by atoms with Gasteiger partial charge in [0.25, 0.3) is 0 Å². The summed E-state index contributed by atoms with van der Waals surface area (Å²) in [5.41, 5.74) is 4.73. The van der Waals surface area contributed by atoms with E-state index in [1.165, 1.54) is 22.3 Å². The number of benzene rings is 2. The first kappa shape index (κ1) is 23.7. The van der Waals surface area contributed by atoms with E-state index >= 15 is 0 Å². The van der Waals surface area contributed by atoms with Gasteiger partial charge in [0.15, 0.2) is 0 Å². The van der Waals surface area contributed by atoms with Gasteiger partial charge in [0.1, 0.15) is 5.78 Å². The van der Waals surface area contributed by atoms with Gasteiger partial charge in [-0.25, -0.2) is 0 Å². The van der Waals surface area contributed by atoms with Gasteiger partial charge < -0.3 is 14.9 Å². The third-order valence-corrected chi connectivity index (χ3v) is 7.15. The molecular weight excluding hydrogens is 413 g/mol. The quantitative estimate of drug-likeness (QED) is 0.599. The van der Waals surface area contributed by atoms with E-state index in [2.05, 4.69) is 31.2 Å². The molecule has 1 saturated heterocycles. The third-order valence-electron chi connectivity index (χ3n) is 7.15. The zero-order chi connectivity index (χ0) is 23.7. The molecule has 33 heavy (non-hydrogen) atoms. The molecule has 1 aliphatic heterocycles. The summed E-state index contributed by atoms with van der Waals surface area (Å²) in [6.07, 6.45) is 1.77. The molecule has 2 aromatic rings. The summed E-state index contributed by atoms with van der Waals surface area (Å²) in [6, 6.07) is 16.5. The van der Waals surface area contributed by atoms with Crippen molar-refractivity contribution in [1.82, 2.24) is 4.90 Å². The van der Waals surface area contributed by atoms with Crippen molar-refractivity contribution in [3.05, 3.63) is 59.7 Å². The van der Waals surface area contributed by atoms with Gasteiger partial charge in [0.05, 0.1) is 5.94 Å². The normalized spacial score (nSPS) is 21.2. The van der Waals surface area contributed by atoms with Gasteiger partial charge in [-0.3, -0.25) is 9.59 Å². The number of hydrogen-bond acceptors (Lipinski definition) is 4. The molecule has 1 heterocycles. The highest BCUT2D eigenvalue weighted by atomic mass is 16.4. The Morgan fingerprint density at radius 3 is 2.15 bits per heavy atom. The van der Waals surface area contributed by atoms with Gasteiger partial charge in [0, 0.05) is 31.2 Å². The number of Topliss-reactive ketones (excluding diaryl/α,β-unsaturated/α-hetero) is 1. The Balaban J connectivity index is 1.50. The van der Waals surface area contributed by atoms with Crippen LogP contribution in [0.3, 0.4) is 0 Å². The summed E-state index contributed by atoms with van der Waals surface area (Å²) in [4.78, 5) is 28.2. The Hall–Kier alpha value is -2.44. The van der Waals surface area contributed by atoms with E-state index in [0.717, 1.165) is 0 Å². The molecule has 174 valence electrons. The minimum Gasteiger partial charge on any atom is -0.426 e. The number of likely N-dealkylation sites (tertiary alicyclic amines) is 1. The first-order valence-electron chi connectivity index (χ1n) is 12.1. The molecule has 0 bridgehead atoms. The average molecular weight is 447 g/mol. The summed E-state index contributed by atoms with van der Waals surface area (Å²) in [7, 11) is -1.58. The van der Waals surface area contributed by atoms with Gasteiger partial charge in [-0.05, 0) is 46.9 Å². The van der Waals surface area contributed by atoms with Crippen molar-refractivity contribution in [3.8, 4) is 11.1 Å². The molecule has 3 atom stereocenters. The summed E-state index contributed by atoms with van der Waals surface area (Å²) in [5.74, 6) is -0.611. The second-order valence-electron chi connectivity index (χ2n) is 10.3. The fourth-order valence-electron chi connectivity index (χ4n) is 5.75. The standard InChI is InChI=1S/C27H34BNO4/c1-17(2)12-26(28(32)33)29-16-18(3)13-19(27(29)31)14-20(30)15-25-23-10-6-4-8-21(23)22-9-5-7-11-24(22)25/h4-11,17-19,25-26,32-33H,12-16H2,1-3H3/t18?,19-,26+/m1/s1. The van der Waals surface area contributed by atoms with Crippen LogP contribution in [0.1, 0.15) is 63.5 Å². The van der Waals surface area contributed by atoms with E-state index in [4.69, 9.17) is 0 Å². The first-order valence-corrected chi connectivity index (χ1v) is 12.1. The topological polar surface area (TPSA) is 77.8 Å². The van der Waals surface area contributed by atoms with Gasteiger partial charge in [-0.2, -0.15) is 0 Å². The van der Waals surface area contributed by atoms with Gasteiger partial charge in [-0.15, -0.1) is 0 Å². The summed E-state index contributed by atoms with van der Waals surface area (Å²) >= 11 is 0. The number of rotatable bonds is 8. The molecular formula is C27H34BNO4. The first-order chi connectivity index (χ1) is 15.8. The lowest BCUT2D eigenvalue weighted by molar-refractivity contribution is -0.144. The molecule has 1 aliphatic carbocycles. The van der Waals surface area contributed by atoms with Crippen molar-refractivity contribution in [2.75, 3.05) is 6.54 Å². The van der Waals surface area contributed by atoms with E-state index in [1.54, 1.807) is 4.90 Å². The Morgan fingerprint density at radius 2 is 1.61 bits per heavy atom. The van der Waals surface area contributed by atoms with E-state index in [9.17, 15) is 19.6 Å². The minimum atomic E-state index is -1.58. The maximum absolute atomic E-state index is 13.3. The second kappa shape index (κ2) is 9.82. The molecule has 0 radical (unpaired) electrons. The number of hydrogen-bond donors (Lipinski definition) is 2. The van der Waals surface area contributed by atoms with Crippen molar-refractivity contribution in [2.24, 2.45) is 17.8 Å². The lowest BCUT2D eigenvalue weighted by Gasteiger charge is -2.41. The van der Waals surface area contributed by atoms with Crippen LogP contribution >= 0.6 is 0 Å². The Labute approximate surface area is 197 Å². The average Bonchev–Trinajstić information content (AvgIpc) is 3.08. The highest BCUT2D eigenvalue weighted by molar-refractivity contribution is 6.43. The van der Waals surface area contributed by atoms with Crippen molar-refractivity contribution in [1.29, 1.82) is 0 Å². The van der Waals surface area contributed by atoms with Crippen LogP contribution in [0.25, 0.3) is 11.1 Å². The smallest absolute Gasteiger partial charge is 0.426 e. The van der Waals surface area contributed by atoms with Crippen LogP contribution in [0, 0.1) is 17.8 Å². The summed E-state index contributed by atoms with van der Waals surface area (Å²) in [6.45, 7) is 6.58. The maximum atomic E-state index is 13.3. The molecule has 1 unspecified atom stereocenters. The highest BCUT2D eigenvalue weighted by Crippen LogP contribution is 2.46. The van der Waals surface area contributed by atoms with Crippen molar-refractivity contribution in [3.63, 3.8) is 0 Å². The molecule has 1 fully saturated rings. The molecule has 5 nitrogen and oxygen atoms in total. The summed E-state index contributed by atoms with van der Waals surface area (Å²) < 4.78 is 0. The number of nitrogens with zero attached hydrogens (tertiary/aromatic N) is 1. The predicted molar refractivity (Wildman–Crippen MR) is 130 cm³/mol. The number of fused-ring (bicyclic) bond motifs is 3. The Morgan fingerprint density at radius 1 is 1.03 bits per heavy atom. The predicted octanol–water partition coefficient (Wildman–Crippen LogP) is 4.06. The van der Waals surface area contributed by atoms with Gasteiger partial charge in [-0.1, -0.05) is 69.3 Å². The summed E-state index contributed by atoms with van der Waals surface area (Å²) in [5, 5.41) is 19.9. The Kier molecular flexibility index (Phi) is 7.06. The fourth-order valence-corrected chi connectivity index (χ4v) is 5.75. The zero-order valence-electron chi connectivity index (χ0n) is 19.8. The third kappa shape index (κ3) is 4.92. The van der Waals surface area contributed by atoms with Crippen LogP contribution in [0.2, 0.25) is 0 Å². The van der Waals surface area contributed by atoms with E-state index in [-0.39, 0.29) is 35.9 Å². The molecule has 4 rings (SSSR count). The lowest BCUT2D eigenvalue weighted by Crippen LogP contribution is -2.56. The van der Waals surface area contributed by atoms with E-state index < -0.39 is 19.0 Å². The van der Waals surface area contributed by atoms with E-state index in [1.807, 2.05) is 38.1 Å². The Bertz CT molecular complexity index is 975. The van der Waals surface area contributed by atoms with Crippen molar-refractivity contribution >= 4 is 18.8 Å². The minimum absolute atomic E-state index is 0.0186. The number of carbonyl (C=O) groups is 2. The molecule has 0 aromatic heterocycles. The molecule has 2 aliphatic rings. The highest BCUT2D eigenvalue weighted by Gasteiger charge is 2.41. The van der Waals surface area contributed by atoms with Crippen LogP contribution in [0.15, 0.2) is 48.5 Å². The second-order valence-corrected chi connectivity index (χ2v) is 10.3. The zero-order valence-corrected chi connectivity index (χ0v) is 19.8. The van der Waals surface area contributed by atoms with Gasteiger partial charge in [0.2, 0.25) is 5.91 Å². The molecule has 0 saturated carbocycles. The van der Waals surface area contributed by atoms with Crippen molar-refractivity contribution in [2.45, 2.75) is 58.3 Å². The lowest BCUT2D eigenvalue weighted by atomic mass is 9.71. The maximum Gasteiger partial charge on any atom is 0.475 e. The fraction of sp³-hybridized carbons (Fsp3) is 0.481. The monoisotopic (exact) mass is 447 g/mol. The van der Waals surface area contributed by atoms with E-state index in [0.29, 0.717) is 25.8 Å².